The number of hydrogen-bond acceptors (Lipinski definition) is 3. The Hall–Kier alpha value is -2.46. The fraction of sp³-hybridized carbons (Fsp3) is 0.385. The predicted molar refractivity (Wildman–Crippen MR) is 129 cm³/mol. The molecule has 4 heteroatoms. The van der Waals surface area contributed by atoms with Crippen LogP contribution in [-0.4, -0.2) is 10.9 Å². The van der Waals surface area contributed by atoms with Crippen molar-refractivity contribution in [3.8, 4) is 22.4 Å². The molecule has 1 N–H and O–H groups in total. The van der Waals surface area contributed by atoms with E-state index in [1.807, 2.05) is 23.6 Å². The smallest absolute Gasteiger partial charge is 0.226 e. The van der Waals surface area contributed by atoms with Gasteiger partial charge in [-0.25, -0.2) is 4.98 Å². The number of thiazole rings is 1. The van der Waals surface area contributed by atoms with Gasteiger partial charge in [-0.2, -0.15) is 0 Å². The minimum atomic E-state index is 0.0707. The van der Waals surface area contributed by atoms with Crippen LogP contribution in [0.4, 0.5) is 5.13 Å². The first-order valence-electron chi connectivity index (χ1n) is 11.2. The van der Waals surface area contributed by atoms with Crippen LogP contribution in [-0.2, 0) is 4.79 Å². The Labute approximate surface area is 184 Å². The Morgan fingerprint density at radius 3 is 2.10 bits per heavy atom. The number of nitrogens with one attached hydrogen (secondary N) is 1. The van der Waals surface area contributed by atoms with E-state index in [0.29, 0.717) is 11.6 Å². The number of nitrogens with zero attached hydrogens (tertiary/aromatic N) is 1. The maximum absolute atomic E-state index is 12.2. The average Bonchev–Trinajstić information content (AvgIpc) is 3.24. The molecule has 0 spiro atoms. The van der Waals surface area contributed by atoms with Crippen molar-refractivity contribution in [2.24, 2.45) is 0 Å². The van der Waals surface area contributed by atoms with E-state index in [-0.39, 0.29) is 5.91 Å². The van der Waals surface area contributed by atoms with Gasteiger partial charge in [-0.3, -0.25) is 4.79 Å². The van der Waals surface area contributed by atoms with Crippen molar-refractivity contribution >= 4 is 22.4 Å². The van der Waals surface area contributed by atoms with Gasteiger partial charge in [0.1, 0.15) is 0 Å². The third-order valence-corrected chi connectivity index (χ3v) is 6.05. The number of aromatic nitrogens is 1. The fourth-order valence-corrected chi connectivity index (χ4v) is 4.26. The zero-order valence-electron chi connectivity index (χ0n) is 17.9. The third-order valence-electron chi connectivity index (χ3n) is 5.30. The van der Waals surface area contributed by atoms with E-state index in [1.54, 1.807) is 0 Å². The summed E-state index contributed by atoms with van der Waals surface area (Å²) >= 11 is 1.49. The van der Waals surface area contributed by atoms with Crippen LogP contribution in [0.25, 0.3) is 22.4 Å². The van der Waals surface area contributed by atoms with Crippen LogP contribution in [0.1, 0.15) is 64.7 Å². The number of carbonyl (C=O) groups excluding carboxylic acids is 1. The summed E-state index contributed by atoms with van der Waals surface area (Å²) in [4.78, 5) is 16.8. The summed E-state index contributed by atoms with van der Waals surface area (Å²) in [5.41, 5.74) is 4.36. The lowest BCUT2D eigenvalue weighted by atomic mass is 10.0. The first-order chi connectivity index (χ1) is 14.8. The second kappa shape index (κ2) is 12.3. The Morgan fingerprint density at radius 2 is 1.40 bits per heavy atom. The average molecular weight is 421 g/mol. The normalized spacial score (nSPS) is 10.8. The van der Waals surface area contributed by atoms with E-state index >= 15 is 0 Å². The van der Waals surface area contributed by atoms with Gasteiger partial charge in [-0.15, -0.1) is 11.3 Å². The van der Waals surface area contributed by atoms with Crippen molar-refractivity contribution in [1.29, 1.82) is 0 Å². The Bertz CT molecular complexity index is 887. The highest BCUT2D eigenvalue weighted by Crippen LogP contribution is 2.27. The molecule has 0 aliphatic rings. The van der Waals surface area contributed by atoms with Crippen LogP contribution >= 0.6 is 11.3 Å². The van der Waals surface area contributed by atoms with Crippen LogP contribution in [0, 0.1) is 0 Å². The molecule has 1 amide bonds. The lowest BCUT2D eigenvalue weighted by Gasteiger charge is -2.03. The number of unbranched alkanes of at least 4 members (excludes halogenated alkanes) is 7. The molecule has 0 unspecified atom stereocenters. The summed E-state index contributed by atoms with van der Waals surface area (Å²) in [5, 5.41) is 5.64. The Kier molecular flexibility index (Phi) is 9.10. The molecule has 3 rings (SSSR count). The zero-order valence-corrected chi connectivity index (χ0v) is 18.7. The van der Waals surface area contributed by atoms with Crippen LogP contribution < -0.4 is 5.32 Å². The standard InChI is InChI=1S/C26H32N2OS/c1-2-3-4-5-6-7-8-12-15-25(29)28-26-27-24(20-30-26)23-18-16-22(17-19-23)21-13-10-9-11-14-21/h9-11,13-14,16-20H,2-8,12,15H2,1H3,(H,27,28,29). The molecule has 0 saturated carbocycles. The van der Waals surface area contributed by atoms with Gasteiger partial charge >= 0.3 is 0 Å². The molecule has 0 saturated heterocycles. The molecule has 3 aromatic rings. The van der Waals surface area contributed by atoms with Gasteiger partial charge < -0.3 is 5.32 Å². The summed E-state index contributed by atoms with van der Waals surface area (Å²) in [6.07, 6.45) is 10.5. The van der Waals surface area contributed by atoms with E-state index < -0.39 is 0 Å². The lowest BCUT2D eigenvalue weighted by molar-refractivity contribution is -0.116. The number of rotatable bonds is 12. The molecule has 1 heterocycles. The van der Waals surface area contributed by atoms with Gasteiger partial charge in [-0.1, -0.05) is 106 Å². The van der Waals surface area contributed by atoms with E-state index in [9.17, 15) is 4.79 Å². The molecule has 0 radical (unpaired) electrons. The molecule has 0 aliphatic carbocycles. The topological polar surface area (TPSA) is 42.0 Å². The molecule has 158 valence electrons. The Balaban J connectivity index is 1.42. The molecule has 2 aromatic carbocycles. The summed E-state index contributed by atoms with van der Waals surface area (Å²) in [5.74, 6) is 0.0707. The lowest BCUT2D eigenvalue weighted by Crippen LogP contribution is -2.10. The summed E-state index contributed by atoms with van der Waals surface area (Å²) < 4.78 is 0. The molecular weight excluding hydrogens is 388 g/mol. The summed E-state index contributed by atoms with van der Waals surface area (Å²) in [6.45, 7) is 2.24. The summed E-state index contributed by atoms with van der Waals surface area (Å²) in [6, 6.07) is 18.7. The number of benzene rings is 2. The van der Waals surface area contributed by atoms with Gasteiger partial charge in [0.25, 0.3) is 0 Å². The minimum absolute atomic E-state index is 0.0707. The second-order valence-electron chi connectivity index (χ2n) is 7.75. The highest BCUT2D eigenvalue weighted by molar-refractivity contribution is 7.14. The largest absolute Gasteiger partial charge is 0.302 e. The van der Waals surface area contributed by atoms with Crippen molar-refractivity contribution in [2.45, 2.75) is 64.7 Å². The predicted octanol–water partition coefficient (Wildman–Crippen LogP) is 7.95. The molecular formula is C26H32N2OS. The number of amides is 1. The number of carbonyl (C=O) groups is 1. The van der Waals surface area contributed by atoms with Crippen LogP contribution in [0.2, 0.25) is 0 Å². The van der Waals surface area contributed by atoms with Crippen LogP contribution in [0.15, 0.2) is 60.0 Å². The van der Waals surface area contributed by atoms with Crippen molar-refractivity contribution < 1.29 is 4.79 Å². The quantitative estimate of drug-likeness (QED) is 0.302. The molecule has 0 aliphatic heterocycles. The van der Waals surface area contributed by atoms with Crippen molar-refractivity contribution in [2.75, 3.05) is 5.32 Å². The van der Waals surface area contributed by atoms with E-state index in [0.717, 1.165) is 24.1 Å². The highest BCUT2D eigenvalue weighted by Gasteiger charge is 2.08. The SMILES string of the molecule is CCCCCCCCCCC(=O)Nc1nc(-c2ccc(-c3ccccc3)cc2)cs1. The molecule has 0 bridgehead atoms. The van der Waals surface area contributed by atoms with E-state index in [4.69, 9.17) is 0 Å². The van der Waals surface area contributed by atoms with Crippen LogP contribution in [0.5, 0.6) is 0 Å². The fourth-order valence-electron chi connectivity index (χ4n) is 3.53. The first-order valence-corrected chi connectivity index (χ1v) is 12.1. The van der Waals surface area contributed by atoms with Gasteiger partial charge in [-0.05, 0) is 17.5 Å². The second-order valence-corrected chi connectivity index (χ2v) is 8.61. The monoisotopic (exact) mass is 420 g/mol. The van der Waals surface area contributed by atoms with E-state index in [2.05, 4.69) is 53.6 Å². The minimum Gasteiger partial charge on any atom is -0.302 e. The maximum atomic E-state index is 12.2. The van der Waals surface area contributed by atoms with Gasteiger partial charge in [0, 0.05) is 17.4 Å². The van der Waals surface area contributed by atoms with Crippen molar-refractivity contribution in [3.63, 3.8) is 0 Å². The molecule has 0 fully saturated rings. The van der Waals surface area contributed by atoms with Gasteiger partial charge in [0.2, 0.25) is 5.91 Å². The van der Waals surface area contributed by atoms with Crippen molar-refractivity contribution in [3.05, 3.63) is 60.0 Å². The summed E-state index contributed by atoms with van der Waals surface area (Å²) in [7, 11) is 0. The van der Waals surface area contributed by atoms with Gasteiger partial charge in [0.05, 0.1) is 5.69 Å². The molecule has 3 nitrogen and oxygen atoms in total. The van der Waals surface area contributed by atoms with E-state index in [1.165, 1.54) is 61.0 Å². The zero-order chi connectivity index (χ0) is 21.0. The maximum Gasteiger partial charge on any atom is 0.226 e. The molecule has 30 heavy (non-hydrogen) atoms. The molecule has 1 aromatic heterocycles. The highest BCUT2D eigenvalue weighted by atomic mass is 32.1. The van der Waals surface area contributed by atoms with Gasteiger partial charge in [0.15, 0.2) is 5.13 Å². The number of anilines is 1. The third kappa shape index (κ3) is 7.10. The molecule has 0 atom stereocenters. The Morgan fingerprint density at radius 1 is 0.800 bits per heavy atom. The number of hydrogen-bond donors (Lipinski definition) is 1. The van der Waals surface area contributed by atoms with Crippen molar-refractivity contribution in [1.82, 2.24) is 4.98 Å². The first kappa shape index (κ1) is 22.2. The van der Waals surface area contributed by atoms with Crippen LogP contribution in [0.3, 0.4) is 0 Å².